The molecule has 1 amide bonds. The van der Waals surface area contributed by atoms with Crippen LogP contribution in [0.15, 0.2) is 48.0 Å². The number of thiazole rings is 1. The van der Waals surface area contributed by atoms with Crippen molar-refractivity contribution in [2.24, 2.45) is 0 Å². The van der Waals surface area contributed by atoms with E-state index in [2.05, 4.69) is 15.3 Å². The Morgan fingerprint density at radius 3 is 2.80 bits per heavy atom. The fraction of sp³-hybridized carbons (Fsp3) is 0.167. The highest BCUT2D eigenvalue weighted by Crippen LogP contribution is 2.29. The summed E-state index contributed by atoms with van der Waals surface area (Å²) in [5.41, 5.74) is 2.06. The number of anilines is 1. The van der Waals surface area contributed by atoms with Crippen molar-refractivity contribution in [2.75, 3.05) is 19.5 Å². The molecule has 2 heterocycles. The van der Waals surface area contributed by atoms with E-state index in [1.165, 1.54) is 11.3 Å². The molecule has 0 radical (unpaired) electrons. The van der Waals surface area contributed by atoms with Crippen LogP contribution in [-0.2, 0) is 11.2 Å². The highest BCUT2D eigenvalue weighted by atomic mass is 32.1. The third-order valence-corrected chi connectivity index (χ3v) is 4.37. The molecule has 2 aromatic heterocycles. The van der Waals surface area contributed by atoms with Crippen molar-refractivity contribution in [1.82, 2.24) is 9.97 Å². The van der Waals surface area contributed by atoms with Crippen molar-refractivity contribution in [3.05, 3.63) is 53.7 Å². The number of carbonyl (C=O) groups is 1. The van der Waals surface area contributed by atoms with Crippen LogP contribution in [0.4, 0.5) is 5.69 Å². The fourth-order valence-corrected chi connectivity index (χ4v) is 3.06. The maximum Gasteiger partial charge on any atom is 0.230 e. The van der Waals surface area contributed by atoms with Crippen molar-refractivity contribution in [3.8, 4) is 22.2 Å². The Morgan fingerprint density at radius 2 is 2.08 bits per heavy atom. The van der Waals surface area contributed by atoms with Crippen LogP contribution in [0.25, 0.3) is 10.7 Å². The van der Waals surface area contributed by atoms with Gasteiger partial charge in [-0.15, -0.1) is 11.3 Å². The topological polar surface area (TPSA) is 73.3 Å². The van der Waals surface area contributed by atoms with Crippen molar-refractivity contribution in [2.45, 2.75) is 6.42 Å². The highest BCUT2D eigenvalue weighted by molar-refractivity contribution is 7.13. The molecular formula is C18H17N3O3S. The molecule has 0 spiro atoms. The molecule has 3 rings (SSSR count). The third-order valence-electron chi connectivity index (χ3n) is 3.46. The first kappa shape index (κ1) is 16.9. The van der Waals surface area contributed by atoms with Crippen LogP contribution in [-0.4, -0.2) is 30.1 Å². The summed E-state index contributed by atoms with van der Waals surface area (Å²) in [5, 5.41) is 5.50. The molecule has 1 aromatic carbocycles. The number of hydrogen-bond donors (Lipinski definition) is 1. The first-order valence-electron chi connectivity index (χ1n) is 7.57. The molecule has 0 unspecified atom stereocenters. The average Bonchev–Trinajstić information content (AvgIpc) is 3.10. The Kier molecular flexibility index (Phi) is 5.25. The summed E-state index contributed by atoms with van der Waals surface area (Å²) in [6.45, 7) is 0. The second kappa shape index (κ2) is 7.76. The van der Waals surface area contributed by atoms with E-state index in [4.69, 9.17) is 9.47 Å². The standard InChI is InChI=1S/C18H17N3O3S/c1-23-13-6-7-16(24-2)15(10-13)21-17(22)9-12-11-25-18(20-12)14-5-3-4-8-19-14/h3-8,10-11H,9H2,1-2H3,(H,21,22). The van der Waals surface area contributed by atoms with E-state index in [0.717, 1.165) is 10.7 Å². The molecule has 0 aliphatic heterocycles. The van der Waals surface area contributed by atoms with Gasteiger partial charge in [0.1, 0.15) is 16.5 Å². The lowest BCUT2D eigenvalue weighted by Crippen LogP contribution is -2.15. The number of ether oxygens (including phenoxy) is 2. The van der Waals surface area contributed by atoms with Gasteiger partial charge in [-0.1, -0.05) is 6.07 Å². The Hall–Kier alpha value is -2.93. The van der Waals surface area contributed by atoms with Crippen LogP contribution in [0.1, 0.15) is 5.69 Å². The van der Waals surface area contributed by atoms with E-state index in [1.54, 1.807) is 38.6 Å². The highest BCUT2D eigenvalue weighted by Gasteiger charge is 2.12. The molecule has 7 heteroatoms. The number of benzene rings is 1. The van der Waals surface area contributed by atoms with Gasteiger partial charge in [0.15, 0.2) is 0 Å². The molecule has 1 N–H and O–H groups in total. The Morgan fingerprint density at radius 1 is 1.20 bits per heavy atom. The zero-order valence-electron chi connectivity index (χ0n) is 13.9. The van der Waals surface area contributed by atoms with Crippen molar-refractivity contribution in [3.63, 3.8) is 0 Å². The molecule has 0 fully saturated rings. The van der Waals surface area contributed by atoms with Gasteiger partial charge in [-0.25, -0.2) is 4.98 Å². The number of hydrogen-bond acceptors (Lipinski definition) is 6. The predicted octanol–water partition coefficient (Wildman–Crippen LogP) is 3.40. The van der Waals surface area contributed by atoms with Crippen LogP contribution < -0.4 is 14.8 Å². The molecule has 0 aliphatic rings. The minimum atomic E-state index is -0.176. The van der Waals surface area contributed by atoms with Gasteiger partial charge in [-0.2, -0.15) is 0 Å². The van der Waals surface area contributed by atoms with Crippen LogP contribution in [0.2, 0.25) is 0 Å². The van der Waals surface area contributed by atoms with Crippen LogP contribution in [0, 0.1) is 0 Å². The molecule has 0 aliphatic carbocycles. The predicted molar refractivity (Wildman–Crippen MR) is 97.2 cm³/mol. The van der Waals surface area contributed by atoms with Gasteiger partial charge in [0.05, 0.1) is 37.7 Å². The molecule has 6 nitrogen and oxygen atoms in total. The second-order valence-corrected chi connectivity index (χ2v) is 6.01. The quantitative estimate of drug-likeness (QED) is 0.733. The minimum absolute atomic E-state index is 0.170. The van der Waals surface area contributed by atoms with E-state index in [-0.39, 0.29) is 12.3 Å². The molecule has 25 heavy (non-hydrogen) atoms. The van der Waals surface area contributed by atoms with Gasteiger partial charge in [0, 0.05) is 17.6 Å². The number of rotatable bonds is 6. The number of aromatic nitrogens is 2. The smallest absolute Gasteiger partial charge is 0.230 e. The first-order valence-corrected chi connectivity index (χ1v) is 8.45. The van der Waals surface area contributed by atoms with E-state index in [0.29, 0.717) is 22.9 Å². The summed E-state index contributed by atoms with van der Waals surface area (Å²) < 4.78 is 10.4. The number of amides is 1. The van der Waals surface area contributed by atoms with Gasteiger partial charge in [-0.05, 0) is 24.3 Å². The molecule has 0 bridgehead atoms. The first-order chi connectivity index (χ1) is 12.2. The summed E-state index contributed by atoms with van der Waals surface area (Å²) in [5.74, 6) is 1.04. The maximum atomic E-state index is 12.3. The Balaban J connectivity index is 1.70. The monoisotopic (exact) mass is 355 g/mol. The summed E-state index contributed by atoms with van der Waals surface area (Å²) in [6.07, 6.45) is 1.89. The number of methoxy groups -OCH3 is 2. The lowest BCUT2D eigenvalue weighted by Gasteiger charge is -2.11. The molecular weight excluding hydrogens is 338 g/mol. The van der Waals surface area contributed by atoms with Gasteiger partial charge < -0.3 is 14.8 Å². The average molecular weight is 355 g/mol. The van der Waals surface area contributed by atoms with E-state index >= 15 is 0 Å². The molecule has 0 atom stereocenters. The van der Waals surface area contributed by atoms with Crippen LogP contribution in [0.3, 0.4) is 0 Å². The Labute approximate surface area is 149 Å². The van der Waals surface area contributed by atoms with Crippen molar-refractivity contribution in [1.29, 1.82) is 0 Å². The van der Waals surface area contributed by atoms with Gasteiger partial charge in [0.2, 0.25) is 5.91 Å². The fourth-order valence-electron chi connectivity index (χ4n) is 2.27. The molecule has 0 saturated heterocycles. The number of pyridine rings is 1. The number of carbonyl (C=O) groups excluding carboxylic acids is 1. The SMILES string of the molecule is COc1ccc(OC)c(NC(=O)Cc2csc(-c3ccccn3)n2)c1. The molecule has 3 aromatic rings. The number of nitrogens with zero attached hydrogens (tertiary/aromatic N) is 2. The zero-order valence-corrected chi connectivity index (χ0v) is 14.7. The molecule has 128 valence electrons. The van der Waals surface area contributed by atoms with Crippen LogP contribution in [0.5, 0.6) is 11.5 Å². The van der Waals surface area contributed by atoms with Gasteiger partial charge in [-0.3, -0.25) is 9.78 Å². The summed E-state index contributed by atoms with van der Waals surface area (Å²) in [6, 6.07) is 10.9. The second-order valence-electron chi connectivity index (χ2n) is 5.15. The van der Waals surface area contributed by atoms with Crippen molar-refractivity contribution < 1.29 is 14.3 Å². The van der Waals surface area contributed by atoms with Crippen molar-refractivity contribution >= 4 is 22.9 Å². The largest absolute Gasteiger partial charge is 0.497 e. The van der Waals surface area contributed by atoms with Crippen LogP contribution >= 0.6 is 11.3 Å². The zero-order chi connectivity index (χ0) is 17.6. The maximum absolute atomic E-state index is 12.3. The van der Waals surface area contributed by atoms with Gasteiger partial charge in [0.25, 0.3) is 0 Å². The summed E-state index contributed by atoms with van der Waals surface area (Å²) in [4.78, 5) is 21.1. The lowest BCUT2D eigenvalue weighted by molar-refractivity contribution is -0.115. The third kappa shape index (κ3) is 4.13. The van der Waals surface area contributed by atoms with Gasteiger partial charge >= 0.3 is 0 Å². The van der Waals surface area contributed by atoms with E-state index < -0.39 is 0 Å². The van der Waals surface area contributed by atoms with E-state index in [9.17, 15) is 4.79 Å². The molecule has 0 saturated carbocycles. The number of nitrogens with one attached hydrogen (secondary N) is 1. The van der Waals surface area contributed by atoms with E-state index in [1.807, 2.05) is 23.6 Å². The summed E-state index contributed by atoms with van der Waals surface area (Å²) >= 11 is 1.47. The Bertz CT molecular complexity index is 865. The summed E-state index contributed by atoms with van der Waals surface area (Å²) in [7, 11) is 3.12. The minimum Gasteiger partial charge on any atom is -0.497 e. The normalized spacial score (nSPS) is 10.3. The lowest BCUT2D eigenvalue weighted by atomic mass is 10.2.